The fourth-order valence-corrected chi connectivity index (χ4v) is 2.82. The number of aromatic nitrogens is 5. The quantitative estimate of drug-likeness (QED) is 0.710. The fraction of sp³-hybridized carbons (Fsp3) is 0.389. The summed E-state index contributed by atoms with van der Waals surface area (Å²) in [6.45, 7) is 7.27. The van der Waals surface area contributed by atoms with E-state index < -0.39 is 5.91 Å². The van der Waals surface area contributed by atoms with Crippen molar-refractivity contribution in [3.05, 3.63) is 51.4 Å². The van der Waals surface area contributed by atoms with Gasteiger partial charge in [-0.3, -0.25) is 14.2 Å². The second kappa shape index (κ2) is 7.56. The number of amides is 1. The van der Waals surface area contributed by atoms with Gasteiger partial charge in [0.25, 0.3) is 5.56 Å². The fourth-order valence-electron chi connectivity index (χ4n) is 2.82. The van der Waals surface area contributed by atoms with Crippen molar-refractivity contribution in [2.75, 3.05) is 5.32 Å². The molecule has 1 N–H and O–H groups in total. The Morgan fingerprint density at radius 1 is 1.22 bits per heavy atom. The molecule has 9 heteroatoms. The van der Waals surface area contributed by atoms with Crippen LogP contribution in [-0.4, -0.2) is 30.4 Å². The molecule has 3 rings (SSSR count). The van der Waals surface area contributed by atoms with Crippen LogP contribution >= 0.6 is 0 Å². The first-order chi connectivity index (χ1) is 12.9. The smallest absolute Gasteiger partial charge is 0.255 e. The maximum atomic E-state index is 12.7. The summed E-state index contributed by atoms with van der Waals surface area (Å²) < 4.78 is 7.83. The average molecular weight is 370 g/mol. The lowest BCUT2D eigenvalue weighted by molar-refractivity contribution is -0.116. The lowest BCUT2D eigenvalue weighted by Gasteiger charge is -2.14. The topological polar surface area (TPSA) is 108 Å². The molecule has 142 valence electrons. The van der Waals surface area contributed by atoms with Gasteiger partial charge in [-0.05, 0) is 33.3 Å². The molecule has 27 heavy (non-hydrogen) atoms. The Balaban J connectivity index is 1.99. The molecular formula is C18H22N6O3. The summed E-state index contributed by atoms with van der Waals surface area (Å²) >= 11 is 0. The highest BCUT2D eigenvalue weighted by atomic mass is 16.5. The summed E-state index contributed by atoms with van der Waals surface area (Å²) in [5, 5.41) is 10.8. The number of rotatable bonds is 6. The van der Waals surface area contributed by atoms with E-state index >= 15 is 0 Å². The number of hydrogen-bond donors (Lipinski definition) is 1. The minimum atomic E-state index is -0.404. The third-order valence-electron chi connectivity index (χ3n) is 3.94. The molecule has 0 aliphatic carbocycles. The second-order valence-electron chi connectivity index (χ2n) is 6.43. The number of aryl methyl sites for hydroxylation is 4. The summed E-state index contributed by atoms with van der Waals surface area (Å²) in [6.07, 6.45) is 1.53. The second-order valence-corrected chi connectivity index (χ2v) is 6.43. The van der Waals surface area contributed by atoms with Crippen LogP contribution in [0.15, 0.2) is 27.5 Å². The van der Waals surface area contributed by atoms with Crippen LogP contribution in [0.5, 0.6) is 0 Å². The molecule has 0 spiro atoms. The number of hydrogen-bond acceptors (Lipinski definition) is 6. The first kappa shape index (κ1) is 18.6. The van der Waals surface area contributed by atoms with Crippen LogP contribution in [-0.2, 0) is 17.8 Å². The van der Waals surface area contributed by atoms with E-state index in [4.69, 9.17) is 4.52 Å². The Bertz CT molecular complexity index is 1030. The molecule has 0 unspecified atom stereocenters. The summed E-state index contributed by atoms with van der Waals surface area (Å²) in [5.74, 6) is 0.798. The highest BCUT2D eigenvalue weighted by molar-refractivity contribution is 5.89. The molecule has 0 atom stereocenters. The van der Waals surface area contributed by atoms with Crippen LogP contribution in [0.25, 0.3) is 5.95 Å². The number of anilines is 1. The van der Waals surface area contributed by atoms with Gasteiger partial charge in [-0.1, -0.05) is 18.5 Å². The average Bonchev–Trinajstić information content (AvgIpc) is 3.14. The zero-order valence-corrected chi connectivity index (χ0v) is 15.8. The van der Waals surface area contributed by atoms with Crippen LogP contribution in [0, 0.1) is 20.8 Å². The van der Waals surface area contributed by atoms with Crippen molar-refractivity contribution in [3.8, 4) is 5.95 Å². The van der Waals surface area contributed by atoms with Crippen LogP contribution in [0.4, 0.5) is 5.82 Å². The molecule has 1 amide bonds. The van der Waals surface area contributed by atoms with Gasteiger partial charge in [0, 0.05) is 23.5 Å². The van der Waals surface area contributed by atoms with Crippen molar-refractivity contribution in [3.63, 3.8) is 0 Å². The van der Waals surface area contributed by atoms with Crippen LogP contribution in [0.1, 0.15) is 36.2 Å². The molecule has 0 aromatic carbocycles. The van der Waals surface area contributed by atoms with E-state index in [-0.39, 0.29) is 12.1 Å². The molecular weight excluding hydrogens is 348 g/mol. The molecule has 0 saturated carbocycles. The molecule has 0 aliphatic heterocycles. The molecule has 9 nitrogen and oxygen atoms in total. The van der Waals surface area contributed by atoms with Crippen molar-refractivity contribution in [1.29, 1.82) is 0 Å². The number of nitrogens with one attached hydrogen (secondary N) is 1. The molecule has 0 bridgehead atoms. The summed E-state index contributed by atoms with van der Waals surface area (Å²) in [6, 6.07) is 4.96. The highest BCUT2D eigenvalue weighted by Gasteiger charge is 2.17. The molecule has 0 saturated heterocycles. The number of nitrogens with zero attached hydrogens (tertiary/aromatic N) is 5. The molecule has 3 heterocycles. The number of carbonyl (C=O) groups is 1. The van der Waals surface area contributed by atoms with Crippen molar-refractivity contribution >= 4 is 11.7 Å². The zero-order valence-electron chi connectivity index (χ0n) is 15.8. The Morgan fingerprint density at radius 2 is 2.00 bits per heavy atom. The molecule has 3 aromatic rings. The van der Waals surface area contributed by atoms with Gasteiger partial charge in [-0.2, -0.15) is 5.10 Å². The van der Waals surface area contributed by atoms with Gasteiger partial charge in [0.2, 0.25) is 11.9 Å². The molecule has 0 aliphatic rings. The van der Waals surface area contributed by atoms with E-state index in [1.807, 2.05) is 26.8 Å². The maximum Gasteiger partial charge on any atom is 0.255 e. The van der Waals surface area contributed by atoms with Crippen molar-refractivity contribution in [2.24, 2.45) is 0 Å². The Labute approximate surface area is 156 Å². The zero-order chi connectivity index (χ0) is 19.6. The van der Waals surface area contributed by atoms with Crippen LogP contribution in [0.2, 0.25) is 0 Å². The van der Waals surface area contributed by atoms with E-state index in [2.05, 4.69) is 20.6 Å². The lowest BCUT2D eigenvalue weighted by Crippen LogP contribution is -2.32. The third kappa shape index (κ3) is 4.13. The van der Waals surface area contributed by atoms with Gasteiger partial charge in [-0.15, -0.1) is 0 Å². The standard InChI is InChI=1S/C18H22N6O3/c1-5-6-14-9-17(26)23(10-16(25)20-15-8-13(4)27-22-15)18(19-14)24-12(3)7-11(2)21-24/h7-9H,5-6,10H2,1-4H3,(H,20,22,25). The minimum Gasteiger partial charge on any atom is -0.360 e. The van der Waals surface area contributed by atoms with E-state index in [1.54, 1.807) is 17.7 Å². The van der Waals surface area contributed by atoms with Gasteiger partial charge in [-0.25, -0.2) is 9.67 Å². The molecule has 0 radical (unpaired) electrons. The van der Waals surface area contributed by atoms with Gasteiger partial charge < -0.3 is 9.84 Å². The summed E-state index contributed by atoms with van der Waals surface area (Å²) in [5.41, 5.74) is 2.00. The predicted octanol–water partition coefficient (Wildman–Crippen LogP) is 1.93. The Kier molecular flexibility index (Phi) is 5.20. The maximum absolute atomic E-state index is 12.7. The third-order valence-corrected chi connectivity index (χ3v) is 3.94. The first-order valence-corrected chi connectivity index (χ1v) is 8.75. The van der Waals surface area contributed by atoms with E-state index in [0.29, 0.717) is 29.6 Å². The van der Waals surface area contributed by atoms with E-state index in [1.165, 1.54) is 10.6 Å². The minimum absolute atomic E-state index is 0.210. The molecule has 0 fully saturated rings. The largest absolute Gasteiger partial charge is 0.360 e. The van der Waals surface area contributed by atoms with Gasteiger partial charge >= 0.3 is 0 Å². The van der Waals surface area contributed by atoms with Crippen LogP contribution < -0.4 is 10.9 Å². The van der Waals surface area contributed by atoms with Crippen molar-refractivity contribution < 1.29 is 9.32 Å². The highest BCUT2D eigenvalue weighted by Crippen LogP contribution is 2.11. The van der Waals surface area contributed by atoms with Crippen molar-refractivity contribution in [1.82, 2.24) is 24.5 Å². The predicted molar refractivity (Wildman–Crippen MR) is 99.0 cm³/mol. The number of carbonyl (C=O) groups excluding carboxylic acids is 1. The van der Waals surface area contributed by atoms with Crippen LogP contribution in [0.3, 0.4) is 0 Å². The first-order valence-electron chi connectivity index (χ1n) is 8.75. The van der Waals surface area contributed by atoms with Gasteiger partial charge in [0.15, 0.2) is 5.82 Å². The molecule has 3 aromatic heterocycles. The van der Waals surface area contributed by atoms with Gasteiger partial charge in [0.1, 0.15) is 12.3 Å². The van der Waals surface area contributed by atoms with E-state index in [0.717, 1.165) is 17.8 Å². The monoisotopic (exact) mass is 370 g/mol. The van der Waals surface area contributed by atoms with Gasteiger partial charge in [0.05, 0.1) is 5.69 Å². The Morgan fingerprint density at radius 3 is 2.59 bits per heavy atom. The SMILES string of the molecule is CCCc1cc(=O)n(CC(=O)Nc2cc(C)on2)c(-n2nc(C)cc2C)n1. The Hall–Kier alpha value is -3.23. The van der Waals surface area contributed by atoms with Crippen molar-refractivity contribution in [2.45, 2.75) is 47.1 Å². The summed E-state index contributed by atoms with van der Waals surface area (Å²) in [4.78, 5) is 29.7. The lowest BCUT2D eigenvalue weighted by atomic mass is 10.2. The van der Waals surface area contributed by atoms with E-state index in [9.17, 15) is 9.59 Å². The summed E-state index contributed by atoms with van der Waals surface area (Å²) in [7, 11) is 0. The normalized spacial score (nSPS) is 11.0.